The van der Waals surface area contributed by atoms with Gasteiger partial charge < -0.3 is 5.32 Å². The minimum atomic E-state index is -0.0803. The standard InChI is InChI=1S/C9H10ClNOS/c10-8-3-1-2-7(4-8)5-11-9(12)6-13/h1-4,13H,5-6H2,(H,11,12). The molecule has 0 aliphatic rings. The lowest BCUT2D eigenvalue weighted by Gasteiger charge is -2.03. The molecule has 1 N–H and O–H groups in total. The van der Waals surface area contributed by atoms with Gasteiger partial charge in [-0.3, -0.25) is 4.79 Å². The zero-order valence-corrected chi connectivity index (χ0v) is 8.61. The van der Waals surface area contributed by atoms with Crippen LogP contribution < -0.4 is 5.32 Å². The second-order valence-corrected chi connectivity index (χ2v) is 3.32. The summed E-state index contributed by atoms with van der Waals surface area (Å²) in [4.78, 5) is 10.8. The van der Waals surface area contributed by atoms with Crippen molar-refractivity contribution >= 4 is 30.1 Å². The van der Waals surface area contributed by atoms with Gasteiger partial charge in [-0.1, -0.05) is 23.7 Å². The molecule has 0 bridgehead atoms. The van der Waals surface area contributed by atoms with Gasteiger partial charge >= 0.3 is 0 Å². The quantitative estimate of drug-likeness (QED) is 0.741. The first-order chi connectivity index (χ1) is 6.22. The SMILES string of the molecule is O=C(CS)NCc1cccc(Cl)c1. The van der Waals surface area contributed by atoms with Gasteiger partial charge in [0.1, 0.15) is 0 Å². The highest BCUT2D eigenvalue weighted by Crippen LogP contribution is 2.09. The number of benzene rings is 1. The lowest BCUT2D eigenvalue weighted by molar-refractivity contribution is -0.118. The smallest absolute Gasteiger partial charge is 0.229 e. The molecule has 0 unspecified atom stereocenters. The van der Waals surface area contributed by atoms with E-state index in [0.29, 0.717) is 11.6 Å². The van der Waals surface area contributed by atoms with E-state index >= 15 is 0 Å². The fourth-order valence-electron chi connectivity index (χ4n) is 0.903. The molecule has 1 amide bonds. The molecule has 1 aromatic carbocycles. The first kappa shape index (κ1) is 10.4. The van der Waals surface area contributed by atoms with Gasteiger partial charge in [-0.25, -0.2) is 0 Å². The maximum Gasteiger partial charge on any atom is 0.229 e. The van der Waals surface area contributed by atoms with E-state index in [-0.39, 0.29) is 11.7 Å². The van der Waals surface area contributed by atoms with Crippen LogP contribution in [0.1, 0.15) is 5.56 Å². The summed E-state index contributed by atoms with van der Waals surface area (Å²) in [5.74, 6) is 0.129. The number of carbonyl (C=O) groups is 1. The summed E-state index contributed by atoms with van der Waals surface area (Å²) in [6.45, 7) is 0.500. The molecule has 0 saturated heterocycles. The zero-order valence-electron chi connectivity index (χ0n) is 6.96. The average Bonchev–Trinajstić information content (AvgIpc) is 2.14. The molecule has 13 heavy (non-hydrogen) atoms. The molecule has 0 aliphatic heterocycles. The van der Waals surface area contributed by atoms with Crippen LogP contribution in [0.25, 0.3) is 0 Å². The molecule has 0 heterocycles. The molecule has 0 fully saturated rings. The first-order valence-electron chi connectivity index (χ1n) is 3.84. The van der Waals surface area contributed by atoms with Crippen LogP contribution in [0.4, 0.5) is 0 Å². The van der Waals surface area contributed by atoms with E-state index in [1.807, 2.05) is 18.2 Å². The van der Waals surface area contributed by atoms with Crippen LogP contribution in [0.5, 0.6) is 0 Å². The molecule has 70 valence electrons. The Morgan fingerprint density at radius 3 is 2.92 bits per heavy atom. The van der Waals surface area contributed by atoms with Gasteiger partial charge in [0.25, 0.3) is 0 Å². The largest absolute Gasteiger partial charge is 0.351 e. The Labute approximate surface area is 87.7 Å². The van der Waals surface area contributed by atoms with Crippen molar-refractivity contribution < 1.29 is 4.79 Å². The number of amides is 1. The van der Waals surface area contributed by atoms with Crippen molar-refractivity contribution in [1.29, 1.82) is 0 Å². The third kappa shape index (κ3) is 3.70. The Bertz CT molecular complexity index is 303. The predicted octanol–water partition coefficient (Wildman–Crippen LogP) is 1.89. The highest BCUT2D eigenvalue weighted by atomic mass is 35.5. The Morgan fingerprint density at radius 2 is 2.31 bits per heavy atom. The van der Waals surface area contributed by atoms with E-state index in [2.05, 4.69) is 17.9 Å². The van der Waals surface area contributed by atoms with Crippen molar-refractivity contribution in [2.75, 3.05) is 5.75 Å². The third-order valence-electron chi connectivity index (χ3n) is 1.52. The molecule has 1 rings (SSSR count). The van der Waals surface area contributed by atoms with Crippen LogP contribution in [-0.4, -0.2) is 11.7 Å². The van der Waals surface area contributed by atoms with Crippen LogP contribution in [0.15, 0.2) is 24.3 Å². The van der Waals surface area contributed by atoms with Gasteiger partial charge in [0, 0.05) is 11.6 Å². The molecular formula is C9H10ClNOS. The van der Waals surface area contributed by atoms with Crippen LogP contribution >= 0.6 is 24.2 Å². The normalized spacial score (nSPS) is 9.69. The highest BCUT2D eigenvalue weighted by Gasteiger charge is 1.97. The van der Waals surface area contributed by atoms with E-state index in [1.165, 1.54) is 0 Å². The van der Waals surface area contributed by atoms with Gasteiger partial charge in [-0.2, -0.15) is 12.6 Å². The van der Waals surface area contributed by atoms with Gasteiger partial charge in [-0.05, 0) is 17.7 Å². The topological polar surface area (TPSA) is 29.1 Å². The van der Waals surface area contributed by atoms with E-state index < -0.39 is 0 Å². The first-order valence-corrected chi connectivity index (χ1v) is 4.85. The lowest BCUT2D eigenvalue weighted by Crippen LogP contribution is -2.23. The predicted molar refractivity (Wildman–Crippen MR) is 57.2 cm³/mol. The average molecular weight is 216 g/mol. The highest BCUT2D eigenvalue weighted by molar-refractivity contribution is 7.81. The van der Waals surface area contributed by atoms with E-state index in [1.54, 1.807) is 6.07 Å². The molecule has 0 radical (unpaired) electrons. The maximum absolute atomic E-state index is 10.8. The van der Waals surface area contributed by atoms with Crippen molar-refractivity contribution in [2.24, 2.45) is 0 Å². The van der Waals surface area contributed by atoms with Gasteiger partial charge in [0.15, 0.2) is 0 Å². The molecule has 2 nitrogen and oxygen atoms in total. The summed E-state index contributed by atoms with van der Waals surface area (Å²) in [6.07, 6.45) is 0. The molecule has 0 aromatic heterocycles. The van der Waals surface area contributed by atoms with Crippen LogP contribution in [0.2, 0.25) is 5.02 Å². The van der Waals surface area contributed by atoms with Crippen LogP contribution in [0.3, 0.4) is 0 Å². The summed E-state index contributed by atoms with van der Waals surface area (Å²) in [7, 11) is 0. The molecule has 0 spiro atoms. The van der Waals surface area contributed by atoms with Gasteiger partial charge in [0.2, 0.25) is 5.91 Å². The Hall–Kier alpha value is -0.670. The maximum atomic E-state index is 10.8. The number of thiol groups is 1. The van der Waals surface area contributed by atoms with E-state index in [0.717, 1.165) is 5.56 Å². The van der Waals surface area contributed by atoms with Gasteiger partial charge in [0.05, 0.1) is 5.75 Å². The number of rotatable bonds is 3. The fourth-order valence-corrected chi connectivity index (χ4v) is 1.23. The van der Waals surface area contributed by atoms with Gasteiger partial charge in [-0.15, -0.1) is 0 Å². The van der Waals surface area contributed by atoms with E-state index in [9.17, 15) is 4.79 Å². The summed E-state index contributed by atoms with van der Waals surface area (Å²) >= 11 is 9.61. The number of carbonyl (C=O) groups excluding carboxylic acids is 1. The fraction of sp³-hybridized carbons (Fsp3) is 0.222. The molecule has 1 aromatic rings. The van der Waals surface area contributed by atoms with Crippen molar-refractivity contribution in [3.05, 3.63) is 34.9 Å². The Morgan fingerprint density at radius 1 is 1.54 bits per heavy atom. The Balaban J connectivity index is 2.50. The number of hydrogen-bond acceptors (Lipinski definition) is 2. The molecule has 4 heteroatoms. The summed E-state index contributed by atoms with van der Waals surface area (Å²) in [6, 6.07) is 7.38. The second kappa shape index (κ2) is 5.14. The minimum absolute atomic E-state index is 0.0803. The van der Waals surface area contributed by atoms with Crippen LogP contribution in [-0.2, 0) is 11.3 Å². The van der Waals surface area contributed by atoms with Crippen molar-refractivity contribution in [1.82, 2.24) is 5.32 Å². The molecule has 0 aliphatic carbocycles. The Kier molecular flexibility index (Phi) is 4.12. The number of halogens is 1. The summed E-state index contributed by atoms with van der Waals surface area (Å²) in [5, 5.41) is 3.38. The second-order valence-electron chi connectivity index (χ2n) is 2.56. The van der Waals surface area contributed by atoms with Crippen molar-refractivity contribution in [2.45, 2.75) is 6.54 Å². The van der Waals surface area contributed by atoms with Crippen LogP contribution in [0, 0.1) is 0 Å². The zero-order chi connectivity index (χ0) is 9.68. The van der Waals surface area contributed by atoms with Crippen molar-refractivity contribution in [3.8, 4) is 0 Å². The number of nitrogens with one attached hydrogen (secondary N) is 1. The monoisotopic (exact) mass is 215 g/mol. The lowest BCUT2D eigenvalue weighted by atomic mass is 10.2. The van der Waals surface area contributed by atoms with Crippen molar-refractivity contribution in [3.63, 3.8) is 0 Å². The minimum Gasteiger partial charge on any atom is -0.351 e. The number of hydrogen-bond donors (Lipinski definition) is 2. The molecule has 0 saturated carbocycles. The molecular weight excluding hydrogens is 206 g/mol. The summed E-state index contributed by atoms with van der Waals surface area (Å²) < 4.78 is 0. The van der Waals surface area contributed by atoms with E-state index in [4.69, 9.17) is 11.6 Å². The summed E-state index contributed by atoms with van der Waals surface area (Å²) in [5.41, 5.74) is 0.989. The molecule has 0 atom stereocenters. The third-order valence-corrected chi connectivity index (χ3v) is 2.04.